The van der Waals surface area contributed by atoms with E-state index in [2.05, 4.69) is 5.32 Å². The zero-order chi connectivity index (χ0) is 15.1. The van der Waals surface area contributed by atoms with Crippen LogP contribution < -0.4 is 10.1 Å². The lowest BCUT2D eigenvalue weighted by atomic mass is 10.1. The summed E-state index contributed by atoms with van der Waals surface area (Å²) in [6.45, 7) is 1.86. The van der Waals surface area contributed by atoms with Crippen molar-refractivity contribution in [2.24, 2.45) is 0 Å². The largest absolute Gasteiger partial charge is 0.497 e. The molecule has 0 spiro atoms. The lowest BCUT2D eigenvalue weighted by Gasteiger charge is -2.25. The molecule has 1 aromatic rings. The Morgan fingerprint density at radius 3 is 2.60 bits per heavy atom. The fourth-order valence-electron chi connectivity index (χ4n) is 1.95. The highest BCUT2D eigenvalue weighted by Gasteiger charge is 2.16. The number of rotatable bonds is 7. The summed E-state index contributed by atoms with van der Waals surface area (Å²) < 4.78 is 5.21. The van der Waals surface area contributed by atoms with Gasteiger partial charge in [0.1, 0.15) is 11.5 Å². The minimum atomic E-state index is -0.243. The van der Waals surface area contributed by atoms with Crippen molar-refractivity contribution < 1.29 is 14.3 Å². The number of ether oxygens (including phenoxy) is 1. The Labute approximate surface area is 119 Å². The van der Waals surface area contributed by atoms with Crippen LogP contribution in [0.25, 0.3) is 0 Å². The predicted molar refractivity (Wildman–Crippen MR) is 77.7 cm³/mol. The third kappa shape index (κ3) is 5.01. The molecule has 0 aromatic heterocycles. The van der Waals surface area contributed by atoms with Gasteiger partial charge >= 0.3 is 0 Å². The van der Waals surface area contributed by atoms with Crippen molar-refractivity contribution in [3.8, 4) is 5.75 Å². The summed E-state index contributed by atoms with van der Waals surface area (Å²) in [6, 6.07) is 7.76. The van der Waals surface area contributed by atoms with Gasteiger partial charge in [0.25, 0.3) is 0 Å². The standard InChI is InChI=1S/C15H22N2O3/c1-11(18)8-15(19)16-10-14(17(2)3)12-6-5-7-13(9-12)20-4/h5-7,9,14H,8,10H2,1-4H3,(H,16,19). The highest BCUT2D eigenvalue weighted by molar-refractivity contribution is 5.96. The quantitative estimate of drug-likeness (QED) is 0.766. The zero-order valence-corrected chi connectivity index (χ0v) is 12.5. The number of amides is 1. The minimum absolute atomic E-state index is 0.0287. The molecular formula is C15H22N2O3. The molecule has 0 radical (unpaired) electrons. The average molecular weight is 278 g/mol. The molecule has 1 amide bonds. The lowest BCUT2D eigenvalue weighted by molar-refractivity contribution is -0.127. The topological polar surface area (TPSA) is 58.6 Å². The van der Waals surface area contributed by atoms with Crippen LogP contribution in [0, 0.1) is 0 Å². The summed E-state index contributed by atoms with van der Waals surface area (Å²) in [4.78, 5) is 24.5. The van der Waals surface area contributed by atoms with Crippen molar-refractivity contribution in [3.05, 3.63) is 29.8 Å². The second-order valence-corrected chi connectivity index (χ2v) is 4.94. The van der Waals surface area contributed by atoms with E-state index in [1.165, 1.54) is 6.92 Å². The Morgan fingerprint density at radius 1 is 1.35 bits per heavy atom. The van der Waals surface area contributed by atoms with Crippen LogP contribution in [0.3, 0.4) is 0 Å². The number of likely N-dealkylation sites (N-methyl/N-ethyl adjacent to an activating group) is 1. The van der Waals surface area contributed by atoms with Gasteiger partial charge in [-0.05, 0) is 38.7 Å². The molecule has 20 heavy (non-hydrogen) atoms. The van der Waals surface area contributed by atoms with Crippen molar-refractivity contribution in [2.75, 3.05) is 27.7 Å². The van der Waals surface area contributed by atoms with Crippen LogP contribution in [0.4, 0.5) is 0 Å². The smallest absolute Gasteiger partial charge is 0.227 e. The highest BCUT2D eigenvalue weighted by Crippen LogP contribution is 2.22. The van der Waals surface area contributed by atoms with E-state index in [4.69, 9.17) is 4.74 Å². The van der Waals surface area contributed by atoms with Gasteiger partial charge in [-0.1, -0.05) is 12.1 Å². The van der Waals surface area contributed by atoms with E-state index in [0.717, 1.165) is 11.3 Å². The molecule has 5 heteroatoms. The zero-order valence-electron chi connectivity index (χ0n) is 12.5. The van der Waals surface area contributed by atoms with E-state index in [1.807, 2.05) is 43.3 Å². The van der Waals surface area contributed by atoms with E-state index in [0.29, 0.717) is 6.54 Å². The number of nitrogens with one attached hydrogen (secondary N) is 1. The molecule has 1 N–H and O–H groups in total. The van der Waals surface area contributed by atoms with Gasteiger partial charge in [-0.3, -0.25) is 9.59 Å². The Kier molecular flexibility index (Phi) is 6.18. The fourth-order valence-corrected chi connectivity index (χ4v) is 1.95. The number of carbonyl (C=O) groups excluding carboxylic acids is 2. The van der Waals surface area contributed by atoms with Gasteiger partial charge in [0, 0.05) is 6.54 Å². The normalized spacial score (nSPS) is 12.1. The fraction of sp³-hybridized carbons (Fsp3) is 0.467. The molecule has 1 aromatic carbocycles. The van der Waals surface area contributed by atoms with Gasteiger partial charge in [-0.25, -0.2) is 0 Å². The second-order valence-electron chi connectivity index (χ2n) is 4.94. The van der Waals surface area contributed by atoms with Crippen LogP contribution in [0.2, 0.25) is 0 Å². The van der Waals surface area contributed by atoms with Crippen molar-refractivity contribution >= 4 is 11.7 Å². The molecule has 1 rings (SSSR count). The van der Waals surface area contributed by atoms with Crippen molar-refractivity contribution in [3.63, 3.8) is 0 Å². The molecule has 0 heterocycles. The summed E-state index contributed by atoms with van der Waals surface area (Å²) >= 11 is 0. The highest BCUT2D eigenvalue weighted by atomic mass is 16.5. The number of hydrogen-bond donors (Lipinski definition) is 1. The van der Waals surface area contributed by atoms with Crippen LogP contribution in [0.15, 0.2) is 24.3 Å². The van der Waals surface area contributed by atoms with Crippen LogP contribution in [0.5, 0.6) is 5.75 Å². The van der Waals surface area contributed by atoms with E-state index in [1.54, 1.807) is 7.11 Å². The number of hydrogen-bond acceptors (Lipinski definition) is 4. The maximum atomic E-state index is 11.6. The lowest BCUT2D eigenvalue weighted by Crippen LogP contribution is -2.35. The Morgan fingerprint density at radius 2 is 2.05 bits per heavy atom. The maximum Gasteiger partial charge on any atom is 0.227 e. The first-order valence-electron chi connectivity index (χ1n) is 6.50. The summed E-state index contributed by atoms with van der Waals surface area (Å²) in [6.07, 6.45) is -0.0712. The number of methoxy groups -OCH3 is 1. The Bertz CT molecular complexity index is 472. The van der Waals surface area contributed by atoms with E-state index in [-0.39, 0.29) is 24.2 Å². The van der Waals surface area contributed by atoms with Gasteiger partial charge < -0.3 is 15.0 Å². The third-order valence-electron chi connectivity index (χ3n) is 3.00. The number of nitrogens with zero attached hydrogens (tertiary/aromatic N) is 1. The summed E-state index contributed by atoms with van der Waals surface area (Å²) in [5.41, 5.74) is 1.05. The van der Waals surface area contributed by atoms with E-state index in [9.17, 15) is 9.59 Å². The first kappa shape index (κ1) is 16.2. The molecule has 1 atom stereocenters. The Hall–Kier alpha value is -1.88. The van der Waals surface area contributed by atoms with Gasteiger partial charge in [-0.2, -0.15) is 0 Å². The van der Waals surface area contributed by atoms with Gasteiger partial charge in [-0.15, -0.1) is 0 Å². The molecule has 0 bridgehead atoms. The van der Waals surface area contributed by atoms with E-state index < -0.39 is 0 Å². The SMILES string of the molecule is COc1cccc(C(CNC(=O)CC(C)=O)N(C)C)c1. The molecule has 0 aliphatic carbocycles. The number of Topliss-reactive ketones (excluding diaryl/α,β-unsaturated/α-hetero) is 1. The van der Waals surface area contributed by atoms with Crippen LogP contribution in [-0.4, -0.2) is 44.3 Å². The van der Waals surface area contributed by atoms with Gasteiger partial charge in [0.05, 0.1) is 19.6 Å². The number of carbonyl (C=O) groups is 2. The van der Waals surface area contributed by atoms with Crippen molar-refractivity contribution in [1.82, 2.24) is 10.2 Å². The summed E-state index contributed by atoms with van der Waals surface area (Å²) in [5, 5.41) is 2.79. The predicted octanol–water partition coefficient (Wildman–Crippen LogP) is 1.39. The Balaban J connectivity index is 2.73. The molecular weight excluding hydrogens is 256 g/mol. The second kappa shape index (κ2) is 7.65. The summed E-state index contributed by atoms with van der Waals surface area (Å²) in [5.74, 6) is 0.405. The molecule has 0 aliphatic heterocycles. The molecule has 5 nitrogen and oxygen atoms in total. The molecule has 0 aliphatic rings. The molecule has 0 saturated carbocycles. The first-order valence-corrected chi connectivity index (χ1v) is 6.50. The van der Waals surface area contributed by atoms with Crippen LogP contribution >= 0.6 is 0 Å². The average Bonchev–Trinajstić information content (AvgIpc) is 2.38. The number of ketones is 1. The third-order valence-corrected chi connectivity index (χ3v) is 3.00. The van der Waals surface area contributed by atoms with Crippen LogP contribution in [0.1, 0.15) is 24.9 Å². The maximum absolute atomic E-state index is 11.6. The van der Waals surface area contributed by atoms with Crippen LogP contribution in [-0.2, 0) is 9.59 Å². The molecule has 110 valence electrons. The van der Waals surface area contributed by atoms with E-state index >= 15 is 0 Å². The van der Waals surface area contributed by atoms with Crippen molar-refractivity contribution in [2.45, 2.75) is 19.4 Å². The molecule has 0 fully saturated rings. The first-order chi connectivity index (χ1) is 9.43. The minimum Gasteiger partial charge on any atom is -0.497 e. The molecule has 1 unspecified atom stereocenters. The van der Waals surface area contributed by atoms with Gasteiger partial charge in [0.15, 0.2) is 0 Å². The van der Waals surface area contributed by atoms with Crippen molar-refractivity contribution in [1.29, 1.82) is 0 Å². The van der Waals surface area contributed by atoms with Gasteiger partial charge in [0.2, 0.25) is 5.91 Å². The molecule has 0 saturated heterocycles. The number of benzene rings is 1. The monoisotopic (exact) mass is 278 g/mol. The summed E-state index contributed by atoms with van der Waals surface area (Å²) in [7, 11) is 5.51.